The Bertz CT molecular complexity index is 1620. The molecule has 19 atom stereocenters. The number of carboxylic acid groups (broad SMARTS) is 1. The van der Waals surface area contributed by atoms with Gasteiger partial charge in [-0.2, -0.15) is 0 Å². The van der Waals surface area contributed by atoms with Gasteiger partial charge >= 0.3 is 11.9 Å². The predicted molar refractivity (Wildman–Crippen MR) is 237 cm³/mol. The van der Waals surface area contributed by atoms with Crippen molar-refractivity contribution in [3.05, 3.63) is 72.9 Å². The maximum Gasteiger partial charge on any atom is 0.311 e. The number of nitrogens with two attached hydrogens (primary N) is 1. The molecule has 3 aliphatic heterocycles. The van der Waals surface area contributed by atoms with Crippen LogP contribution in [0.4, 0.5) is 0 Å². The molecule has 0 radical (unpaired) electrons. The Morgan fingerprint density at radius 3 is 1.94 bits per heavy atom. The lowest BCUT2D eigenvalue weighted by atomic mass is 9.82. The van der Waals surface area contributed by atoms with Gasteiger partial charge in [0.15, 0.2) is 12.1 Å². The van der Waals surface area contributed by atoms with Gasteiger partial charge in [-0.1, -0.05) is 86.8 Å². The number of ether oxygens (including phenoxy) is 4. The quantitative estimate of drug-likeness (QED) is 0.175. The van der Waals surface area contributed by atoms with Crippen molar-refractivity contribution in [3.63, 3.8) is 0 Å². The largest absolute Gasteiger partial charge is 0.481 e. The number of aliphatic carboxylic acids is 1. The third-order valence-electron chi connectivity index (χ3n) is 12.2. The number of carboxylic acids is 1. The standard InChI is InChI=1S/C47H75NO17/c1-27-17-15-13-11-9-7-5-6-8-10-12-14-16-18-34(64-46-44(58)41(48)43(57)30(4)63-46)24-38-40(45(59)60)37(54)26-47(61,65-38)25-36(53)35(52)20-19-31(49)21-32(50)22-33(51)23-39(55)62-29(3)28(2)42(27)56/h5-6,8,10-18,27-38,40-44,46,49-54,56-58,61H,7,9,19-26,48H2,1-4H3,(H,59,60)/b6-5+,10-8+,13-11+,14-12+,17-15-,18-16+/t27-,28-,29-,30+,31?,32?,33?,34?,35?,36?,37?,38?,40?,41-,42+,43+,44-,46?,47+/m0/s1. The minimum absolute atomic E-state index is 0.138. The third-order valence-corrected chi connectivity index (χ3v) is 12.2. The summed E-state index contributed by atoms with van der Waals surface area (Å²) in [5.41, 5.74) is 6.02. The summed E-state index contributed by atoms with van der Waals surface area (Å²) in [7, 11) is 0. The van der Waals surface area contributed by atoms with E-state index in [1.807, 2.05) is 49.5 Å². The van der Waals surface area contributed by atoms with Crippen molar-refractivity contribution >= 4 is 11.9 Å². The fourth-order valence-corrected chi connectivity index (χ4v) is 8.11. The van der Waals surface area contributed by atoms with Gasteiger partial charge in [-0.3, -0.25) is 9.59 Å². The van der Waals surface area contributed by atoms with E-state index >= 15 is 0 Å². The van der Waals surface area contributed by atoms with Gasteiger partial charge in [0.05, 0.1) is 79.6 Å². The molecule has 2 bridgehead atoms. The van der Waals surface area contributed by atoms with E-state index in [2.05, 4.69) is 0 Å². The Balaban J connectivity index is 1.84. The van der Waals surface area contributed by atoms with Crippen molar-refractivity contribution in [2.24, 2.45) is 23.5 Å². The van der Waals surface area contributed by atoms with Crippen LogP contribution in [0.25, 0.3) is 0 Å². The van der Waals surface area contributed by atoms with E-state index in [4.69, 9.17) is 24.7 Å². The molecule has 65 heavy (non-hydrogen) atoms. The number of fused-ring (bicyclic) bond motifs is 2. The van der Waals surface area contributed by atoms with Crippen LogP contribution >= 0.6 is 0 Å². The summed E-state index contributed by atoms with van der Waals surface area (Å²) in [5.74, 6) is -6.82. The van der Waals surface area contributed by atoms with Crippen LogP contribution in [0.5, 0.6) is 0 Å². The molecule has 2 fully saturated rings. The topological polar surface area (TPSA) is 320 Å². The van der Waals surface area contributed by atoms with Crippen molar-refractivity contribution in [1.82, 2.24) is 0 Å². The van der Waals surface area contributed by atoms with Gasteiger partial charge in [-0.25, -0.2) is 0 Å². The monoisotopic (exact) mass is 926 g/mol. The molecule has 18 nitrogen and oxygen atoms in total. The van der Waals surface area contributed by atoms with E-state index in [1.54, 1.807) is 38.2 Å². The fourth-order valence-electron chi connectivity index (χ4n) is 8.11. The highest BCUT2D eigenvalue weighted by molar-refractivity contribution is 5.71. The normalized spacial score (nSPS) is 45.2. The highest BCUT2D eigenvalue weighted by Crippen LogP contribution is 2.38. The summed E-state index contributed by atoms with van der Waals surface area (Å²) in [6, 6.07) is -1.14. The van der Waals surface area contributed by atoms with Gasteiger partial charge in [0.1, 0.15) is 18.1 Å². The molecular formula is C47H75NO17. The van der Waals surface area contributed by atoms with Gasteiger partial charge < -0.3 is 80.9 Å². The molecule has 3 rings (SSSR count). The Labute approximate surface area is 381 Å². The number of aliphatic hydroxyl groups excluding tert-OH is 9. The van der Waals surface area contributed by atoms with Crippen LogP contribution in [0.2, 0.25) is 0 Å². The van der Waals surface area contributed by atoms with E-state index in [-0.39, 0.29) is 38.0 Å². The van der Waals surface area contributed by atoms with Crippen LogP contribution in [-0.2, 0) is 28.5 Å². The summed E-state index contributed by atoms with van der Waals surface area (Å²) in [4.78, 5) is 25.1. The lowest BCUT2D eigenvalue weighted by Crippen LogP contribution is -2.61. The first-order valence-electron chi connectivity index (χ1n) is 22.6. The number of aliphatic hydroxyl groups is 10. The molecule has 18 heteroatoms. The van der Waals surface area contributed by atoms with Gasteiger partial charge in [0.2, 0.25) is 0 Å². The second-order valence-corrected chi connectivity index (χ2v) is 17.8. The Kier molecular flexibility index (Phi) is 23.8. The molecule has 3 heterocycles. The number of carbonyl (C=O) groups excluding carboxylic acids is 1. The molecule has 0 aromatic heterocycles. The van der Waals surface area contributed by atoms with Crippen LogP contribution in [0.1, 0.15) is 91.9 Å². The van der Waals surface area contributed by atoms with Gasteiger partial charge in [-0.15, -0.1) is 0 Å². The summed E-state index contributed by atoms with van der Waals surface area (Å²) >= 11 is 0. The average molecular weight is 926 g/mol. The van der Waals surface area contributed by atoms with Gasteiger partial charge in [0, 0.05) is 31.1 Å². The third kappa shape index (κ3) is 18.8. The molecule has 370 valence electrons. The zero-order valence-electron chi connectivity index (χ0n) is 37.8. The molecule has 0 aromatic carbocycles. The number of esters is 1. The molecule has 3 aliphatic rings. The first-order valence-corrected chi connectivity index (χ1v) is 22.6. The van der Waals surface area contributed by atoms with Crippen LogP contribution < -0.4 is 5.73 Å². The number of carbonyl (C=O) groups is 2. The van der Waals surface area contributed by atoms with Crippen LogP contribution in [0.3, 0.4) is 0 Å². The molecule has 2 saturated heterocycles. The van der Waals surface area contributed by atoms with Crippen molar-refractivity contribution in [3.8, 4) is 0 Å². The zero-order chi connectivity index (χ0) is 48.4. The number of allylic oxidation sites excluding steroid dienone is 10. The Hall–Kier alpha value is -3.18. The van der Waals surface area contributed by atoms with E-state index in [9.17, 15) is 65.8 Å². The van der Waals surface area contributed by atoms with E-state index in [0.29, 0.717) is 0 Å². The smallest absolute Gasteiger partial charge is 0.311 e. The maximum atomic E-state index is 12.6. The number of hydrogen-bond donors (Lipinski definition) is 12. The molecule has 13 N–H and O–H groups in total. The second kappa shape index (κ2) is 27.6. The van der Waals surface area contributed by atoms with Crippen LogP contribution in [0.15, 0.2) is 72.9 Å². The molecular weight excluding hydrogens is 851 g/mol. The summed E-state index contributed by atoms with van der Waals surface area (Å²) in [6.45, 7) is 6.78. The van der Waals surface area contributed by atoms with Crippen molar-refractivity contribution in [1.29, 1.82) is 0 Å². The highest BCUT2D eigenvalue weighted by atomic mass is 16.7. The number of rotatable bonds is 3. The van der Waals surface area contributed by atoms with Crippen LogP contribution in [0, 0.1) is 17.8 Å². The first kappa shape index (κ1) is 56.1. The minimum atomic E-state index is -2.35. The van der Waals surface area contributed by atoms with Gasteiger partial charge in [-0.05, 0) is 52.4 Å². The zero-order valence-corrected chi connectivity index (χ0v) is 37.8. The average Bonchev–Trinajstić information content (AvgIpc) is 3.21. The molecule has 0 spiro atoms. The lowest BCUT2D eigenvalue weighted by Gasteiger charge is -2.45. The molecule has 0 aliphatic carbocycles. The van der Waals surface area contributed by atoms with Crippen molar-refractivity contribution < 1.29 is 84.7 Å². The van der Waals surface area contributed by atoms with E-state index < -0.39 is 141 Å². The molecule has 0 saturated carbocycles. The summed E-state index contributed by atoms with van der Waals surface area (Å²) < 4.78 is 23.2. The first-order chi connectivity index (χ1) is 30.6. The highest BCUT2D eigenvalue weighted by Gasteiger charge is 2.51. The van der Waals surface area contributed by atoms with Crippen molar-refractivity contribution in [2.45, 2.75) is 189 Å². The Morgan fingerprint density at radius 2 is 1.28 bits per heavy atom. The minimum Gasteiger partial charge on any atom is -0.481 e. The number of hydrogen-bond acceptors (Lipinski definition) is 17. The van der Waals surface area contributed by atoms with Gasteiger partial charge in [0.25, 0.3) is 0 Å². The van der Waals surface area contributed by atoms with E-state index in [1.165, 1.54) is 13.0 Å². The fraction of sp³-hybridized carbons (Fsp3) is 0.702. The second-order valence-electron chi connectivity index (χ2n) is 17.8. The summed E-state index contributed by atoms with van der Waals surface area (Å²) in [6.07, 6.45) is 2.28. The molecule has 0 aromatic rings. The molecule has 0 amide bonds. The lowest BCUT2D eigenvalue weighted by molar-refractivity contribution is -0.310. The Morgan fingerprint density at radius 1 is 0.692 bits per heavy atom. The molecule has 10 unspecified atom stereocenters. The predicted octanol–water partition coefficient (Wildman–Crippen LogP) is 0.936. The maximum absolute atomic E-state index is 12.6. The summed E-state index contributed by atoms with van der Waals surface area (Å²) in [5, 5.41) is 118. The SMILES string of the molecule is C[C@@H]1[C@H](O)[C@@H](C)/C=C\C=C\CC/C=C/C=C/C=C/C=C/C(OC2O[C@H](C)[C@@H](O)[C@H](N)[C@@H]2O)CC2O[C@](O)(CC(O)C(O)CCC(O)CC(O)CC(O)CC(=O)O[C@H]1C)CC(O)C2C(=O)O. The van der Waals surface area contributed by atoms with E-state index in [0.717, 1.165) is 12.8 Å². The number of cyclic esters (lactones) is 1. The van der Waals surface area contributed by atoms with Crippen molar-refractivity contribution in [2.75, 3.05) is 0 Å². The van der Waals surface area contributed by atoms with Crippen LogP contribution in [-0.4, -0.2) is 166 Å².